The van der Waals surface area contributed by atoms with Gasteiger partial charge < -0.3 is 5.11 Å². The first-order chi connectivity index (χ1) is 9.95. The largest absolute Gasteiger partial charge is 0.481 e. The van der Waals surface area contributed by atoms with Gasteiger partial charge in [-0.25, -0.2) is 0 Å². The molecule has 8 heteroatoms. The van der Waals surface area contributed by atoms with Gasteiger partial charge >= 0.3 is 5.97 Å². The summed E-state index contributed by atoms with van der Waals surface area (Å²) in [5.74, 6) is -1.52. The van der Waals surface area contributed by atoms with Crippen molar-refractivity contribution in [1.29, 1.82) is 0 Å². The Labute approximate surface area is 129 Å². The summed E-state index contributed by atoms with van der Waals surface area (Å²) in [6.07, 6.45) is 1.13. The van der Waals surface area contributed by atoms with E-state index in [9.17, 15) is 13.2 Å². The van der Waals surface area contributed by atoms with Crippen LogP contribution in [0.1, 0.15) is 24.6 Å². The van der Waals surface area contributed by atoms with Gasteiger partial charge in [0, 0.05) is 31.1 Å². The minimum atomic E-state index is -3.61. The standard InChI is InChI=1S/C13H20N2O4S2/c1-2-14(10-12-6-4-8-20-12)21(18,19)15-7-3-5-11(9-15)13(16)17/h4,6,8,11H,2-3,5,7,9-10H2,1H3,(H,16,17). The fraction of sp³-hybridized carbons (Fsp3) is 0.615. The number of hydrogen-bond donors (Lipinski definition) is 1. The Morgan fingerprint density at radius 2 is 2.33 bits per heavy atom. The fourth-order valence-electron chi connectivity index (χ4n) is 2.45. The first-order valence-electron chi connectivity index (χ1n) is 6.95. The lowest BCUT2D eigenvalue weighted by atomic mass is 10.0. The number of carboxylic acids is 1. The summed E-state index contributed by atoms with van der Waals surface area (Å²) in [7, 11) is -3.61. The zero-order chi connectivity index (χ0) is 15.5. The number of nitrogens with zero attached hydrogens (tertiary/aromatic N) is 2. The smallest absolute Gasteiger partial charge is 0.307 e. The number of hydrogen-bond acceptors (Lipinski definition) is 4. The van der Waals surface area contributed by atoms with Crippen molar-refractivity contribution in [3.05, 3.63) is 22.4 Å². The quantitative estimate of drug-likeness (QED) is 0.858. The molecular weight excluding hydrogens is 312 g/mol. The van der Waals surface area contributed by atoms with E-state index in [1.807, 2.05) is 17.5 Å². The maximum absolute atomic E-state index is 12.7. The average molecular weight is 332 g/mol. The second kappa shape index (κ2) is 6.87. The average Bonchev–Trinajstić information content (AvgIpc) is 2.97. The second-order valence-corrected chi connectivity index (χ2v) is 8.01. The van der Waals surface area contributed by atoms with E-state index in [-0.39, 0.29) is 6.54 Å². The van der Waals surface area contributed by atoms with Crippen LogP contribution in [-0.4, -0.2) is 47.7 Å². The van der Waals surface area contributed by atoms with E-state index >= 15 is 0 Å². The molecule has 1 aromatic heterocycles. The van der Waals surface area contributed by atoms with Crippen LogP contribution in [0.15, 0.2) is 17.5 Å². The summed E-state index contributed by atoms with van der Waals surface area (Å²) in [4.78, 5) is 12.1. The predicted octanol–water partition coefficient (Wildman–Crippen LogP) is 1.61. The van der Waals surface area contributed by atoms with Crippen molar-refractivity contribution in [1.82, 2.24) is 8.61 Å². The Morgan fingerprint density at radius 1 is 1.57 bits per heavy atom. The summed E-state index contributed by atoms with van der Waals surface area (Å²) in [6.45, 7) is 2.97. The molecule has 1 atom stereocenters. The molecule has 1 fully saturated rings. The van der Waals surface area contributed by atoms with Crippen LogP contribution in [0.25, 0.3) is 0 Å². The van der Waals surface area contributed by atoms with Crippen molar-refractivity contribution in [2.24, 2.45) is 5.92 Å². The molecule has 0 aliphatic carbocycles. The number of thiophene rings is 1. The third-order valence-electron chi connectivity index (χ3n) is 3.65. The van der Waals surface area contributed by atoms with E-state index in [4.69, 9.17) is 5.11 Å². The van der Waals surface area contributed by atoms with Gasteiger partial charge in [-0.3, -0.25) is 4.79 Å². The molecule has 1 unspecified atom stereocenters. The highest BCUT2D eigenvalue weighted by Crippen LogP contribution is 2.23. The third-order valence-corrected chi connectivity index (χ3v) is 6.54. The van der Waals surface area contributed by atoms with Crippen molar-refractivity contribution in [3.8, 4) is 0 Å². The minimum Gasteiger partial charge on any atom is -0.481 e. The molecule has 0 bridgehead atoms. The highest BCUT2D eigenvalue weighted by molar-refractivity contribution is 7.86. The molecule has 2 heterocycles. The zero-order valence-corrected chi connectivity index (χ0v) is 13.6. The molecule has 0 spiro atoms. The molecule has 1 aliphatic rings. The Kier molecular flexibility index (Phi) is 5.37. The van der Waals surface area contributed by atoms with Gasteiger partial charge in [0.05, 0.1) is 5.92 Å². The van der Waals surface area contributed by atoms with E-state index in [1.54, 1.807) is 6.92 Å². The van der Waals surface area contributed by atoms with Gasteiger partial charge in [-0.2, -0.15) is 17.0 Å². The van der Waals surface area contributed by atoms with Crippen LogP contribution in [0.3, 0.4) is 0 Å². The first kappa shape index (κ1) is 16.4. The molecular formula is C13H20N2O4S2. The van der Waals surface area contributed by atoms with Crippen LogP contribution >= 0.6 is 11.3 Å². The summed E-state index contributed by atoms with van der Waals surface area (Å²) in [5.41, 5.74) is 0. The SMILES string of the molecule is CCN(Cc1cccs1)S(=O)(=O)N1CCCC(C(=O)O)C1. The molecule has 1 saturated heterocycles. The highest BCUT2D eigenvalue weighted by atomic mass is 32.2. The lowest BCUT2D eigenvalue weighted by Crippen LogP contribution is -2.48. The van der Waals surface area contributed by atoms with Gasteiger partial charge in [0.15, 0.2) is 0 Å². The van der Waals surface area contributed by atoms with Gasteiger partial charge in [-0.15, -0.1) is 11.3 Å². The molecule has 1 N–H and O–H groups in total. The Hall–Kier alpha value is -0.960. The van der Waals surface area contributed by atoms with Gasteiger partial charge in [0.1, 0.15) is 0 Å². The molecule has 0 amide bonds. The van der Waals surface area contributed by atoms with E-state index in [0.717, 1.165) is 4.88 Å². The van der Waals surface area contributed by atoms with E-state index in [0.29, 0.717) is 32.5 Å². The second-order valence-electron chi connectivity index (χ2n) is 5.05. The molecule has 1 aliphatic heterocycles. The predicted molar refractivity (Wildman–Crippen MR) is 81.3 cm³/mol. The molecule has 118 valence electrons. The number of carbonyl (C=O) groups is 1. The molecule has 0 saturated carbocycles. The summed E-state index contributed by atoms with van der Waals surface area (Å²) < 4.78 is 28.1. The van der Waals surface area contributed by atoms with Gasteiger partial charge in [0.25, 0.3) is 10.2 Å². The number of piperidine rings is 1. The van der Waals surface area contributed by atoms with Crippen molar-refractivity contribution >= 4 is 27.5 Å². The van der Waals surface area contributed by atoms with E-state index in [2.05, 4.69) is 0 Å². The van der Waals surface area contributed by atoms with Crippen molar-refractivity contribution in [3.63, 3.8) is 0 Å². The van der Waals surface area contributed by atoms with Crippen LogP contribution in [0.5, 0.6) is 0 Å². The van der Waals surface area contributed by atoms with Crippen LogP contribution in [0.4, 0.5) is 0 Å². The molecule has 0 radical (unpaired) electrons. The minimum absolute atomic E-state index is 0.0681. The molecule has 2 rings (SSSR count). The third kappa shape index (κ3) is 3.82. The van der Waals surface area contributed by atoms with Crippen LogP contribution < -0.4 is 0 Å². The topological polar surface area (TPSA) is 77.9 Å². The first-order valence-corrected chi connectivity index (χ1v) is 9.23. The zero-order valence-electron chi connectivity index (χ0n) is 11.9. The molecule has 21 heavy (non-hydrogen) atoms. The van der Waals surface area contributed by atoms with Crippen molar-refractivity contribution in [2.75, 3.05) is 19.6 Å². The number of rotatable bonds is 6. The van der Waals surface area contributed by atoms with Gasteiger partial charge in [0.2, 0.25) is 0 Å². The van der Waals surface area contributed by atoms with E-state index in [1.165, 1.54) is 19.9 Å². The highest BCUT2D eigenvalue weighted by Gasteiger charge is 2.35. The maximum atomic E-state index is 12.7. The van der Waals surface area contributed by atoms with Crippen LogP contribution in [-0.2, 0) is 21.5 Å². The summed E-state index contributed by atoms with van der Waals surface area (Å²) in [5, 5.41) is 11.0. The fourth-order valence-corrected chi connectivity index (χ4v) is 4.93. The lowest BCUT2D eigenvalue weighted by Gasteiger charge is -2.33. The molecule has 1 aromatic rings. The van der Waals surface area contributed by atoms with Crippen molar-refractivity contribution < 1.29 is 18.3 Å². The Balaban J connectivity index is 2.12. The number of aliphatic carboxylic acids is 1. The van der Waals surface area contributed by atoms with Crippen molar-refractivity contribution in [2.45, 2.75) is 26.3 Å². The maximum Gasteiger partial charge on any atom is 0.307 e. The molecule has 0 aromatic carbocycles. The molecule has 6 nitrogen and oxygen atoms in total. The van der Waals surface area contributed by atoms with Crippen LogP contribution in [0, 0.1) is 5.92 Å². The van der Waals surface area contributed by atoms with Crippen LogP contribution in [0.2, 0.25) is 0 Å². The monoisotopic (exact) mass is 332 g/mol. The summed E-state index contributed by atoms with van der Waals surface area (Å²) in [6, 6.07) is 3.79. The number of carboxylic acid groups (broad SMARTS) is 1. The lowest BCUT2D eigenvalue weighted by molar-refractivity contribution is -0.142. The normalized spacial score (nSPS) is 20.8. The van der Waals surface area contributed by atoms with E-state index < -0.39 is 22.1 Å². The van der Waals surface area contributed by atoms with Gasteiger partial charge in [-0.05, 0) is 24.3 Å². The Morgan fingerprint density at radius 3 is 2.90 bits per heavy atom. The summed E-state index contributed by atoms with van der Waals surface area (Å²) >= 11 is 1.52. The Bertz CT molecular complexity index is 571. The van der Waals surface area contributed by atoms with Gasteiger partial charge in [-0.1, -0.05) is 13.0 Å².